The highest BCUT2D eigenvalue weighted by Gasteiger charge is 2.22. The van der Waals surface area contributed by atoms with E-state index in [2.05, 4.69) is 0 Å². The van der Waals surface area contributed by atoms with Crippen LogP contribution in [0.1, 0.15) is 29.2 Å². The summed E-state index contributed by atoms with van der Waals surface area (Å²) < 4.78 is 0. The van der Waals surface area contributed by atoms with Crippen LogP contribution in [-0.4, -0.2) is 30.6 Å². The highest BCUT2D eigenvalue weighted by atomic mass is 16.1. The third-order valence-corrected chi connectivity index (χ3v) is 3.79. The Morgan fingerprint density at radius 1 is 1.35 bits per heavy atom. The van der Waals surface area contributed by atoms with Crippen LogP contribution in [0.4, 0.5) is 0 Å². The van der Waals surface area contributed by atoms with Gasteiger partial charge in [-0.05, 0) is 42.2 Å². The molecule has 0 saturated heterocycles. The van der Waals surface area contributed by atoms with Gasteiger partial charge in [0.05, 0.1) is 0 Å². The van der Waals surface area contributed by atoms with Gasteiger partial charge in [-0.25, -0.2) is 0 Å². The Balaban J connectivity index is 2.30. The van der Waals surface area contributed by atoms with Crippen molar-refractivity contribution >= 4 is 17.6 Å². The van der Waals surface area contributed by atoms with Crippen molar-refractivity contribution in [2.24, 2.45) is 0 Å². The normalized spacial score (nSPS) is 13.2. The molecule has 4 heteroatoms. The fourth-order valence-electron chi connectivity index (χ4n) is 2.73. The van der Waals surface area contributed by atoms with Gasteiger partial charge in [0.1, 0.15) is 17.4 Å². The molecular weight excluding hydrogens is 288 g/mol. The summed E-state index contributed by atoms with van der Waals surface area (Å²) in [6.07, 6.45) is 4.31. The summed E-state index contributed by atoms with van der Waals surface area (Å²) >= 11 is 0. The number of carbonyl (C=O) groups is 2. The Hall–Kier alpha value is -2.67. The first-order chi connectivity index (χ1) is 10.8. The molecule has 0 fully saturated rings. The number of fused-ring (bicyclic) bond motifs is 1. The van der Waals surface area contributed by atoms with Crippen LogP contribution in [0.25, 0.3) is 6.08 Å². The van der Waals surface area contributed by atoms with Crippen molar-refractivity contribution in [3.05, 3.63) is 51.7 Å². The zero-order valence-corrected chi connectivity index (χ0v) is 13.9. The molecule has 23 heavy (non-hydrogen) atoms. The quantitative estimate of drug-likeness (QED) is 0.619. The van der Waals surface area contributed by atoms with Gasteiger partial charge in [0, 0.05) is 38.7 Å². The minimum atomic E-state index is -0.233. The van der Waals surface area contributed by atoms with Crippen molar-refractivity contribution in [3.63, 3.8) is 0 Å². The van der Waals surface area contributed by atoms with E-state index in [-0.39, 0.29) is 17.1 Å². The SMILES string of the molecule is CC(=O)Cc1cc2c(cc1C)C=C(C(=O)C(C#N)=CN(C)C)C2. The summed E-state index contributed by atoms with van der Waals surface area (Å²) in [4.78, 5) is 25.5. The molecule has 0 aliphatic heterocycles. The Labute approximate surface area is 136 Å². The van der Waals surface area contributed by atoms with Crippen LogP contribution in [0.15, 0.2) is 29.5 Å². The number of nitriles is 1. The summed E-state index contributed by atoms with van der Waals surface area (Å²) in [5.41, 5.74) is 4.84. The Morgan fingerprint density at radius 3 is 2.61 bits per heavy atom. The fraction of sp³-hybridized carbons (Fsp3) is 0.316. The number of benzene rings is 1. The van der Waals surface area contributed by atoms with Gasteiger partial charge in [0.25, 0.3) is 0 Å². The molecule has 2 rings (SSSR count). The monoisotopic (exact) mass is 308 g/mol. The number of allylic oxidation sites excluding steroid dienone is 2. The number of aryl methyl sites for hydroxylation is 1. The second-order valence-corrected chi connectivity index (χ2v) is 6.15. The maximum Gasteiger partial charge on any atom is 0.201 e. The molecule has 1 aromatic rings. The van der Waals surface area contributed by atoms with Crippen molar-refractivity contribution in [1.29, 1.82) is 5.26 Å². The summed E-state index contributed by atoms with van der Waals surface area (Å²) in [6.45, 7) is 3.55. The van der Waals surface area contributed by atoms with Crippen molar-refractivity contribution in [2.75, 3.05) is 14.1 Å². The number of rotatable bonds is 5. The van der Waals surface area contributed by atoms with Gasteiger partial charge in [0.15, 0.2) is 0 Å². The maximum absolute atomic E-state index is 12.5. The maximum atomic E-state index is 12.5. The number of hydrogen-bond acceptors (Lipinski definition) is 4. The first-order valence-corrected chi connectivity index (χ1v) is 7.47. The first kappa shape index (κ1) is 16.7. The van der Waals surface area contributed by atoms with E-state index < -0.39 is 0 Å². The number of nitrogens with zero attached hydrogens (tertiary/aromatic N) is 2. The minimum absolute atomic E-state index is 0.121. The van der Waals surface area contributed by atoms with E-state index in [9.17, 15) is 14.9 Å². The van der Waals surface area contributed by atoms with Crippen molar-refractivity contribution < 1.29 is 9.59 Å². The van der Waals surface area contributed by atoms with Gasteiger partial charge >= 0.3 is 0 Å². The average Bonchev–Trinajstić information content (AvgIpc) is 2.86. The van der Waals surface area contributed by atoms with Crippen molar-refractivity contribution in [2.45, 2.75) is 26.7 Å². The lowest BCUT2D eigenvalue weighted by atomic mass is 9.97. The first-order valence-electron chi connectivity index (χ1n) is 7.47. The molecule has 0 bridgehead atoms. The zero-order chi connectivity index (χ0) is 17.1. The van der Waals surface area contributed by atoms with Crippen LogP contribution in [0.3, 0.4) is 0 Å². The van der Waals surface area contributed by atoms with Gasteiger partial charge in [0.2, 0.25) is 5.78 Å². The molecule has 0 unspecified atom stereocenters. The predicted molar refractivity (Wildman–Crippen MR) is 89.6 cm³/mol. The molecule has 0 spiro atoms. The van der Waals surface area contributed by atoms with Crippen LogP contribution in [-0.2, 0) is 22.4 Å². The molecule has 0 aromatic heterocycles. The van der Waals surface area contributed by atoms with E-state index >= 15 is 0 Å². The molecule has 0 saturated carbocycles. The molecular formula is C19H20N2O2. The van der Waals surface area contributed by atoms with Gasteiger partial charge in [-0.2, -0.15) is 5.26 Å². The molecule has 1 aromatic carbocycles. The molecule has 118 valence electrons. The molecule has 0 radical (unpaired) electrons. The van der Waals surface area contributed by atoms with E-state index in [0.29, 0.717) is 18.4 Å². The average molecular weight is 308 g/mol. The minimum Gasteiger partial charge on any atom is -0.382 e. The van der Waals surface area contributed by atoms with Crippen LogP contribution in [0, 0.1) is 18.3 Å². The lowest BCUT2D eigenvalue weighted by Crippen LogP contribution is -2.10. The number of hydrogen-bond donors (Lipinski definition) is 0. The smallest absolute Gasteiger partial charge is 0.201 e. The molecule has 0 heterocycles. The fourth-order valence-corrected chi connectivity index (χ4v) is 2.73. The standard InChI is InChI=1S/C19H20N2O2/c1-12-5-15-8-17(19(23)18(10-20)11-21(3)4)9-16(15)7-14(12)6-13(2)22/h5,7-8,11H,6,9H2,1-4H3. The summed E-state index contributed by atoms with van der Waals surface area (Å²) in [6, 6.07) is 5.98. The van der Waals surface area contributed by atoms with E-state index in [0.717, 1.165) is 22.3 Å². The predicted octanol–water partition coefficient (Wildman–Crippen LogP) is 2.60. The van der Waals surface area contributed by atoms with Crippen molar-refractivity contribution in [1.82, 2.24) is 4.90 Å². The van der Waals surface area contributed by atoms with E-state index in [1.165, 1.54) is 0 Å². The summed E-state index contributed by atoms with van der Waals surface area (Å²) in [7, 11) is 3.56. The lowest BCUT2D eigenvalue weighted by molar-refractivity contribution is -0.116. The molecule has 0 amide bonds. The molecule has 4 nitrogen and oxygen atoms in total. The number of ketones is 2. The lowest BCUT2D eigenvalue weighted by Gasteiger charge is -2.08. The van der Waals surface area contributed by atoms with E-state index in [4.69, 9.17) is 0 Å². The van der Waals surface area contributed by atoms with Gasteiger partial charge in [-0.3, -0.25) is 9.59 Å². The molecule has 0 N–H and O–H groups in total. The highest BCUT2D eigenvalue weighted by Crippen LogP contribution is 2.29. The van der Waals surface area contributed by atoms with Crippen LogP contribution in [0.5, 0.6) is 0 Å². The third-order valence-electron chi connectivity index (χ3n) is 3.79. The highest BCUT2D eigenvalue weighted by molar-refractivity contribution is 6.14. The van der Waals surface area contributed by atoms with Crippen LogP contribution >= 0.6 is 0 Å². The zero-order valence-electron chi connectivity index (χ0n) is 13.9. The summed E-state index contributed by atoms with van der Waals surface area (Å²) in [5.74, 6) is -0.112. The largest absolute Gasteiger partial charge is 0.382 e. The van der Waals surface area contributed by atoms with E-state index in [1.54, 1.807) is 32.1 Å². The molecule has 1 aliphatic rings. The molecule has 1 aliphatic carbocycles. The number of Topliss-reactive ketones (excluding diaryl/α,β-unsaturated/α-hetero) is 2. The molecule has 0 atom stereocenters. The number of carbonyl (C=O) groups excluding carboxylic acids is 2. The second-order valence-electron chi connectivity index (χ2n) is 6.15. The van der Waals surface area contributed by atoms with Gasteiger partial charge in [-0.15, -0.1) is 0 Å². The topological polar surface area (TPSA) is 61.2 Å². The second kappa shape index (κ2) is 6.62. The van der Waals surface area contributed by atoms with Crippen LogP contribution < -0.4 is 0 Å². The Morgan fingerprint density at radius 2 is 2.04 bits per heavy atom. The Kier molecular flexibility index (Phi) is 4.80. The summed E-state index contributed by atoms with van der Waals surface area (Å²) in [5, 5.41) is 9.18. The van der Waals surface area contributed by atoms with Gasteiger partial charge < -0.3 is 4.90 Å². The van der Waals surface area contributed by atoms with Crippen molar-refractivity contribution in [3.8, 4) is 6.07 Å². The third kappa shape index (κ3) is 3.75. The van der Waals surface area contributed by atoms with E-state index in [1.807, 2.05) is 31.2 Å². The van der Waals surface area contributed by atoms with Crippen LogP contribution in [0.2, 0.25) is 0 Å². The Bertz CT molecular complexity index is 777. The van der Waals surface area contributed by atoms with Gasteiger partial charge in [-0.1, -0.05) is 12.1 Å².